The number of hydrogen-bond acceptors (Lipinski definition) is 5. The molecule has 1 N–H and O–H groups in total. The molecule has 0 spiro atoms. The Morgan fingerprint density at radius 1 is 1.35 bits per heavy atom. The van der Waals surface area contributed by atoms with Crippen molar-refractivity contribution in [2.45, 2.75) is 38.7 Å². The molecule has 7 nitrogen and oxygen atoms in total. The van der Waals surface area contributed by atoms with Crippen LogP contribution in [0.25, 0.3) is 11.2 Å². The van der Waals surface area contributed by atoms with Gasteiger partial charge in [0.2, 0.25) is 5.91 Å². The largest absolute Gasteiger partial charge is 0.454 e. The lowest BCUT2D eigenvalue weighted by molar-refractivity contribution is -0.157. The zero-order valence-electron chi connectivity index (χ0n) is 14.6. The number of piperidine rings is 1. The van der Waals surface area contributed by atoms with Gasteiger partial charge in [-0.1, -0.05) is 0 Å². The van der Waals surface area contributed by atoms with Crippen molar-refractivity contribution in [1.29, 1.82) is 0 Å². The van der Waals surface area contributed by atoms with Gasteiger partial charge in [0.1, 0.15) is 5.82 Å². The van der Waals surface area contributed by atoms with Crippen LogP contribution in [0.1, 0.15) is 44.5 Å². The SMILES string of the molecule is C[C@@H](OC(=O)[C@H]1CCCN(C(=O)C2CC2)C1)c1nc2ncc(Br)cc2[nH]1. The Bertz CT molecular complexity index is 848. The zero-order chi connectivity index (χ0) is 18.3. The second kappa shape index (κ2) is 6.98. The number of imidazole rings is 1. The van der Waals surface area contributed by atoms with Gasteiger partial charge >= 0.3 is 5.97 Å². The molecule has 0 unspecified atom stereocenters. The van der Waals surface area contributed by atoms with Crippen molar-refractivity contribution >= 4 is 39.0 Å². The monoisotopic (exact) mass is 420 g/mol. The molecule has 0 aromatic carbocycles. The van der Waals surface area contributed by atoms with E-state index in [1.54, 1.807) is 13.1 Å². The number of rotatable bonds is 4. The van der Waals surface area contributed by atoms with E-state index in [9.17, 15) is 9.59 Å². The van der Waals surface area contributed by atoms with Crippen LogP contribution in [0.5, 0.6) is 0 Å². The predicted molar refractivity (Wildman–Crippen MR) is 98.1 cm³/mol. The van der Waals surface area contributed by atoms with Crippen LogP contribution >= 0.6 is 15.9 Å². The minimum Gasteiger partial charge on any atom is -0.454 e. The number of carbonyl (C=O) groups excluding carboxylic acids is 2. The number of nitrogens with zero attached hydrogens (tertiary/aromatic N) is 3. The molecular formula is C18H21BrN4O3. The van der Waals surface area contributed by atoms with E-state index in [-0.39, 0.29) is 23.7 Å². The normalized spacial score (nSPS) is 21.6. The highest BCUT2D eigenvalue weighted by atomic mass is 79.9. The molecule has 1 saturated heterocycles. The quantitative estimate of drug-likeness (QED) is 0.767. The third-order valence-corrected chi connectivity index (χ3v) is 5.43. The lowest BCUT2D eigenvalue weighted by atomic mass is 9.97. The fraction of sp³-hybridized carbons (Fsp3) is 0.556. The first-order chi connectivity index (χ1) is 12.5. The average molecular weight is 421 g/mol. The van der Waals surface area contributed by atoms with Crippen LogP contribution < -0.4 is 0 Å². The number of aromatic amines is 1. The maximum absolute atomic E-state index is 12.6. The number of halogens is 1. The molecule has 2 atom stereocenters. The van der Waals surface area contributed by atoms with Gasteiger partial charge < -0.3 is 14.6 Å². The Hall–Kier alpha value is -1.96. The van der Waals surface area contributed by atoms with Crippen molar-refractivity contribution in [3.63, 3.8) is 0 Å². The van der Waals surface area contributed by atoms with Crippen molar-refractivity contribution in [2.75, 3.05) is 13.1 Å². The molecule has 1 aliphatic carbocycles. The minimum atomic E-state index is -0.495. The number of nitrogens with one attached hydrogen (secondary N) is 1. The molecule has 1 amide bonds. The van der Waals surface area contributed by atoms with E-state index in [2.05, 4.69) is 30.9 Å². The number of ether oxygens (including phenoxy) is 1. The highest BCUT2D eigenvalue weighted by Gasteiger charge is 2.37. The lowest BCUT2D eigenvalue weighted by Crippen LogP contribution is -2.43. The number of amides is 1. The van der Waals surface area contributed by atoms with Crippen molar-refractivity contribution < 1.29 is 14.3 Å². The van der Waals surface area contributed by atoms with Crippen molar-refractivity contribution in [2.24, 2.45) is 11.8 Å². The van der Waals surface area contributed by atoms with E-state index in [1.165, 1.54) is 0 Å². The summed E-state index contributed by atoms with van der Waals surface area (Å²) >= 11 is 3.38. The number of fused-ring (bicyclic) bond motifs is 1. The molecule has 1 aliphatic heterocycles. The van der Waals surface area contributed by atoms with E-state index >= 15 is 0 Å². The third-order valence-electron chi connectivity index (χ3n) is 4.99. The molecule has 8 heteroatoms. The maximum atomic E-state index is 12.6. The molecule has 3 heterocycles. The van der Waals surface area contributed by atoms with Crippen molar-refractivity contribution in [3.8, 4) is 0 Å². The van der Waals surface area contributed by atoms with Gasteiger partial charge in [0, 0.05) is 29.7 Å². The smallest absolute Gasteiger partial charge is 0.311 e. The summed E-state index contributed by atoms with van der Waals surface area (Å²) in [6.07, 6.45) is 4.75. The Morgan fingerprint density at radius 3 is 2.92 bits per heavy atom. The van der Waals surface area contributed by atoms with E-state index in [0.29, 0.717) is 18.0 Å². The molecule has 4 rings (SSSR count). The van der Waals surface area contributed by atoms with Crippen LogP contribution in [-0.2, 0) is 14.3 Å². The first-order valence-electron chi connectivity index (χ1n) is 9.01. The molecular weight excluding hydrogens is 400 g/mol. The summed E-state index contributed by atoms with van der Waals surface area (Å²) < 4.78 is 6.48. The summed E-state index contributed by atoms with van der Waals surface area (Å²) in [5, 5.41) is 0. The van der Waals surface area contributed by atoms with E-state index < -0.39 is 6.10 Å². The Kier molecular flexibility index (Phi) is 4.69. The fourth-order valence-electron chi connectivity index (χ4n) is 3.37. The number of carbonyl (C=O) groups is 2. The van der Waals surface area contributed by atoms with E-state index in [0.717, 1.165) is 42.2 Å². The van der Waals surface area contributed by atoms with Crippen LogP contribution in [0.3, 0.4) is 0 Å². The van der Waals surface area contributed by atoms with Crippen LogP contribution in [0.2, 0.25) is 0 Å². The standard InChI is InChI=1S/C18H21BrN4O3/c1-10(15-21-14-7-13(19)8-20-16(14)22-15)26-18(25)12-3-2-6-23(9-12)17(24)11-4-5-11/h7-8,10-12H,2-6,9H2,1H3,(H,20,21,22)/t10-,12+/m1/s1. The summed E-state index contributed by atoms with van der Waals surface area (Å²) in [5.74, 6) is 0.433. The molecule has 2 aromatic rings. The first-order valence-corrected chi connectivity index (χ1v) is 9.81. The molecule has 0 radical (unpaired) electrons. The summed E-state index contributed by atoms with van der Waals surface area (Å²) in [6.45, 7) is 3.01. The average Bonchev–Trinajstić information content (AvgIpc) is 3.40. The van der Waals surface area contributed by atoms with Crippen LogP contribution in [0.4, 0.5) is 0 Å². The minimum absolute atomic E-state index is 0.186. The van der Waals surface area contributed by atoms with Crippen molar-refractivity contribution in [1.82, 2.24) is 19.9 Å². The number of pyridine rings is 1. The number of H-pyrrole nitrogens is 1. The summed E-state index contributed by atoms with van der Waals surface area (Å²) in [6, 6.07) is 1.88. The molecule has 138 valence electrons. The van der Waals surface area contributed by atoms with Gasteiger partial charge in [-0.15, -0.1) is 0 Å². The zero-order valence-corrected chi connectivity index (χ0v) is 16.2. The second-order valence-electron chi connectivity index (χ2n) is 7.12. The molecule has 2 aliphatic rings. The molecule has 26 heavy (non-hydrogen) atoms. The molecule has 1 saturated carbocycles. The van der Waals surface area contributed by atoms with Crippen LogP contribution in [-0.4, -0.2) is 44.8 Å². The molecule has 0 bridgehead atoms. The predicted octanol–water partition coefficient (Wildman–Crippen LogP) is 2.97. The Labute approximate surface area is 159 Å². The highest BCUT2D eigenvalue weighted by Crippen LogP contribution is 2.33. The molecule has 2 fully saturated rings. The lowest BCUT2D eigenvalue weighted by Gasteiger charge is -2.32. The van der Waals surface area contributed by atoms with E-state index in [1.807, 2.05) is 11.0 Å². The van der Waals surface area contributed by atoms with Crippen LogP contribution in [0.15, 0.2) is 16.7 Å². The second-order valence-corrected chi connectivity index (χ2v) is 8.04. The van der Waals surface area contributed by atoms with Gasteiger partial charge in [-0.05, 0) is 54.6 Å². The highest BCUT2D eigenvalue weighted by molar-refractivity contribution is 9.10. The third kappa shape index (κ3) is 3.60. The fourth-order valence-corrected chi connectivity index (χ4v) is 3.70. The van der Waals surface area contributed by atoms with Gasteiger partial charge in [-0.3, -0.25) is 9.59 Å². The van der Waals surface area contributed by atoms with Gasteiger partial charge in [-0.2, -0.15) is 0 Å². The topological polar surface area (TPSA) is 88.2 Å². The summed E-state index contributed by atoms with van der Waals surface area (Å²) in [7, 11) is 0. The number of aromatic nitrogens is 3. The van der Waals surface area contributed by atoms with Gasteiger partial charge in [0.15, 0.2) is 11.8 Å². The first kappa shape index (κ1) is 17.5. The number of hydrogen-bond donors (Lipinski definition) is 1. The number of likely N-dealkylation sites (tertiary alicyclic amines) is 1. The van der Waals surface area contributed by atoms with Gasteiger partial charge in [0.05, 0.1) is 11.4 Å². The maximum Gasteiger partial charge on any atom is 0.311 e. The number of esters is 1. The van der Waals surface area contributed by atoms with Gasteiger partial charge in [-0.25, -0.2) is 9.97 Å². The summed E-state index contributed by atoms with van der Waals surface area (Å²) in [5.41, 5.74) is 1.38. The van der Waals surface area contributed by atoms with E-state index in [4.69, 9.17) is 4.74 Å². The Morgan fingerprint density at radius 2 is 2.15 bits per heavy atom. The molecule has 2 aromatic heterocycles. The van der Waals surface area contributed by atoms with Crippen LogP contribution in [0, 0.1) is 11.8 Å². The van der Waals surface area contributed by atoms with Gasteiger partial charge in [0.25, 0.3) is 0 Å². The summed E-state index contributed by atoms with van der Waals surface area (Å²) in [4.78, 5) is 38.4. The Balaban J connectivity index is 1.40. The van der Waals surface area contributed by atoms with Crippen molar-refractivity contribution in [3.05, 3.63) is 22.6 Å².